The topological polar surface area (TPSA) is 32.3 Å². The molecule has 0 aliphatic heterocycles. The van der Waals surface area contributed by atoms with E-state index in [0.29, 0.717) is 12.2 Å². The first-order chi connectivity index (χ1) is 8.45. The van der Waals surface area contributed by atoms with E-state index in [1.54, 1.807) is 0 Å². The summed E-state index contributed by atoms with van der Waals surface area (Å²) in [5, 5.41) is 12.0. The van der Waals surface area contributed by atoms with Gasteiger partial charge in [-0.2, -0.15) is 13.2 Å². The summed E-state index contributed by atoms with van der Waals surface area (Å²) in [5.74, 6) is 0. The zero-order valence-electron chi connectivity index (χ0n) is 9.93. The Bertz CT molecular complexity index is 396. The van der Waals surface area contributed by atoms with Gasteiger partial charge < -0.3 is 10.4 Å². The van der Waals surface area contributed by atoms with Crippen LogP contribution in [0, 0.1) is 5.41 Å². The monoisotopic (exact) mass is 259 g/mol. The third-order valence-electron chi connectivity index (χ3n) is 3.48. The zero-order valence-corrected chi connectivity index (χ0v) is 9.93. The summed E-state index contributed by atoms with van der Waals surface area (Å²) in [7, 11) is 0. The van der Waals surface area contributed by atoms with Gasteiger partial charge in [0.1, 0.15) is 0 Å². The number of halogens is 3. The highest BCUT2D eigenvalue weighted by molar-refractivity contribution is 5.45. The number of nitrogens with one attached hydrogen (secondary N) is 1. The molecule has 1 aromatic carbocycles. The van der Waals surface area contributed by atoms with E-state index in [1.165, 1.54) is 12.1 Å². The molecule has 0 spiro atoms. The molecule has 0 amide bonds. The fourth-order valence-electron chi connectivity index (χ4n) is 2.00. The highest BCUT2D eigenvalue weighted by Gasteiger charge is 2.41. The molecule has 0 radical (unpaired) electrons. The van der Waals surface area contributed by atoms with E-state index in [0.717, 1.165) is 31.4 Å². The minimum atomic E-state index is -4.28. The van der Waals surface area contributed by atoms with Gasteiger partial charge in [0.2, 0.25) is 0 Å². The Kier molecular flexibility index (Phi) is 3.52. The van der Waals surface area contributed by atoms with Gasteiger partial charge in [0.05, 0.1) is 5.56 Å². The van der Waals surface area contributed by atoms with Gasteiger partial charge in [-0.1, -0.05) is 0 Å². The SMILES string of the molecule is OCCC1(CNc2ccc(C(F)(F)F)cc2)CC1. The molecule has 1 aliphatic carbocycles. The lowest BCUT2D eigenvalue weighted by Gasteiger charge is -2.16. The molecule has 0 aromatic heterocycles. The van der Waals surface area contributed by atoms with Crippen LogP contribution in [-0.2, 0) is 6.18 Å². The van der Waals surface area contributed by atoms with E-state index < -0.39 is 11.7 Å². The van der Waals surface area contributed by atoms with Crippen LogP contribution in [0.2, 0.25) is 0 Å². The first kappa shape index (κ1) is 13.2. The highest BCUT2D eigenvalue weighted by Crippen LogP contribution is 2.48. The van der Waals surface area contributed by atoms with Crippen LogP contribution >= 0.6 is 0 Å². The molecule has 1 saturated carbocycles. The standard InChI is InChI=1S/C13H16F3NO/c14-13(15,16)10-1-3-11(4-2-10)17-9-12(5-6-12)7-8-18/h1-4,17-18H,5-9H2. The van der Waals surface area contributed by atoms with Gasteiger partial charge in [-0.25, -0.2) is 0 Å². The van der Waals surface area contributed by atoms with Crippen molar-refractivity contribution in [2.45, 2.75) is 25.4 Å². The molecule has 0 saturated heterocycles. The lowest BCUT2D eigenvalue weighted by atomic mass is 10.0. The van der Waals surface area contributed by atoms with Crippen LogP contribution in [0.25, 0.3) is 0 Å². The molecule has 1 fully saturated rings. The molecule has 2 nitrogen and oxygen atoms in total. The van der Waals surface area contributed by atoms with Crippen LogP contribution in [0.4, 0.5) is 18.9 Å². The lowest BCUT2D eigenvalue weighted by molar-refractivity contribution is -0.137. The van der Waals surface area contributed by atoms with Crippen LogP contribution in [0.1, 0.15) is 24.8 Å². The quantitative estimate of drug-likeness (QED) is 0.850. The lowest BCUT2D eigenvalue weighted by Crippen LogP contribution is -2.16. The Morgan fingerprint density at radius 3 is 2.22 bits per heavy atom. The third-order valence-corrected chi connectivity index (χ3v) is 3.48. The Hall–Kier alpha value is -1.23. The van der Waals surface area contributed by atoms with Crippen molar-refractivity contribution in [2.75, 3.05) is 18.5 Å². The zero-order chi connectivity index (χ0) is 13.2. The number of rotatable bonds is 5. The Morgan fingerprint density at radius 2 is 1.78 bits per heavy atom. The Labute approximate surface area is 104 Å². The number of aliphatic hydroxyl groups excluding tert-OH is 1. The maximum Gasteiger partial charge on any atom is 0.416 e. The van der Waals surface area contributed by atoms with Crippen LogP contribution in [0.5, 0.6) is 0 Å². The van der Waals surface area contributed by atoms with Crippen LogP contribution < -0.4 is 5.32 Å². The summed E-state index contributed by atoms with van der Waals surface area (Å²) >= 11 is 0. The van der Waals surface area contributed by atoms with Gasteiger partial charge in [0.15, 0.2) is 0 Å². The predicted molar refractivity (Wildman–Crippen MR) is 63.3 cm³/mol. The second kappa shape index (κ2) is 4.80. The van der Waals surface area contributed by atoms with Crippen molar-refractivity contribution in [1.29, 1.82) is 0 Å². The first-order valence-electron chi connectivity index (χ1n) is 5.97. The van der Waals surface area contributed by atoms with E-state index in [9.17, 15) is 13.2 Å². The number of benzene rings is 1. The van der Waals surface area contributed by atoms with Crippen LogP contribution in [0.3, 0.4) is 0 Å². The van der Waals surface area contributed by atoms with Crippen LogP contribution in [0.15, 0.2) is 24.3 Å². The average molecular weight is 259 g/mol. The summed E-state index contributed by atoms with van der Waals surface area (Å²) in [4.78, 5) is 0. The van der Waals surface area contributed by atoms with Crippen molar-refractivity contribution < 1.29 is 18.3 Å². The molecule has 0 bridgehead atoms. The molecule has 100 valence electrons. The smallest absolute Gasteiger partial charge is 0.396 e. The molecule has 0 heterocycles. The van der Waals surface area contributed by atoms with Gasteiger partial charge in [0, 0.05) is 18.8 Å². The van der Waals surface area contributed by atoms with Crippen molar-refractivity contribution in [3.05, 3.63) is 29.8 Å². The molecule has 2 N–H and O–H groups in total. The maximum atomic E-state index is 12.4. The van der Waals surface area contributed by atoms with Crippen LogP contribution in [-0.4, -0.2) is 18.3 Å². The highest BCUT2D eigenvalue weighted by atomic mass is 19.4. The maximum absolute atomic E-state index is 12.4. The van der Waals surface area contributed by atoms with E-state index in [-0.39, 0.29) is 12.0 Å². The van der Waals surface area contributed by atoms with E-state index >= 15 is 0 Å². The molecule has 18 heavy (non-hydrogen) atoms. The largest absolute Gasteiger partial charge is 0.416 e. The minimum absolute atomic E-state index is 0.150. The number of anilines is 1. The van der Waals surface area contributed by atoms with E-state index in [2.05, 4.69) is 5.32 Å². The van der Waals surface area contributed by atoms with Gasteiger partial charge in [-0.05, 0) is 48.9 Å². The van der Waals surface area contributed by atoms with Gasteiger partial charge in [-0.15, -0.1) is 0 Å². The average Bonchev–Trinajstić information content (AvgIpc) is 3.07. The third kappa shape index (κ3) is 3.16. The molecular formula is C13H16F3NO. The molecule has 1 aliphatic rings. The summed E-state index contributed by atoms with van der Waals surface area (Å²) < 4.78 is 37.1. The molecule has 1 aromatic rings. The fourth-order valence-corrected chi connectivity index (χ4v) is 2.00. The van der Waals surface area contributed by atoms with E-state index in [4.69, 9.17) is 5.11 Å². The predicted octanol–water partition coefficient (Wildman–Crippen LogP) is 3.28. The van der Waals surface area contributed by atoms with E-state index in [1.807, 2.05) is 0 Å². The Morgan fingerprint density at radius 1 is 1.17 bits per heavy atom. The molecule has 0 atom stereocenters. The van der Waals surface area contributed by atoms with Gasteiger partial charge >= 0.3 is 6.18 Å². The van der Waals surface area contributed by atoms with Gasteiger partial charge in [-0.3, -0.25) is 0 Å². The Balaban J connectivity index is 1.91. The number of aliphatic hydroxyl groups is 1. The second-order valence-electron chi connectivity index (χ2n) is 4.90. The summed E-state index contributed by atoms with van der Waals surface area (Å²) in [5.41, 5.74) is 0.203. The van der Waals surface area contributed by atoms with Gasteiger partial charge in [0.25, 0.3) is 0 Å². The normalized spacial score (nSPS) is 17.6. The first-order valence-corrected chi connectivity index (χ1v) is 5.97. The van der Waals surface area contributed by atoms with Crippen molar-refractivity contribution in [2.24, 2.45) is 5.41 Å². The molecule has 5 heteroatoms. The summed E-state index contributed by atoms with van der Waals surface area (Å²) in [6.07, 6.45) is -1.39. The number of hydrogen-bond acceptors (Lipinski definition) is 2. The van der Waals surface area contributed by atoms with Crippen molar-refractivity contribution >= 4 is 5.69 Å². The van der Waals surface area contributed by atoms with Crippen molar-refractivity contribution in [3.8, 4) is 0 Å². The number of hydrogen-bond donors (Lipinski definition) is 2. The molecule has 0 unspecified atom stereocenters. The van der Waals surface area contributed by atoms with Crippen molar-refractivity contribution in [3.63, 3.8) is 0 Å². The second-order valence-corrected chi connectivity index (χ2v) is 4.90. The minimum Gasteiger partial charge on any atom is -0.396 e. The van der Waals surface area contributed by atoms with Crippen molar-refractivity contribution in [1.82, 2.24) is 0 Å². The fraction of sp³-hybridized carbons (Fsp3) is 0.538. The number of alkyl halides is 3. The molecule has 2 rings (SSSR count). The molecular weight excluding hydrogens is 243 g/mol. The summed E-state index contributed by atoms with van der Waals surface area (Å²) in [6, 6.07) is 5.04. The summed E-state index contributed by atoms with van der Waals surface area (Å²) in [6.45, 7) is 0.869.